The van der Waals surface area contributed by atoms with Crippen LogP contribution in [0.25, 0.3) is 0 Å². The number of pyridine rings is 1. The Kier molecular flexibility index (Phi) is 4.39. The van der Waals surface area contributed by atoms with Gasteiger partial charge in [0.15, 0.2) is 0 Å². The monoisotopic (exact) mass is 259 g/mol. The Hall–Kier alpha value is -1.60. The highest BCUT2D eigenvalue weighted by Gasteiger charge is 2.13. The largest absolute Gasteiger partial charge is 0.311 e. The maximum absolute atomic E-state index is 12.2. The van der Waals surface area contributed by atoms with Gasteiger partial charge in [0.2, 0.25) is 0 Å². The fourth-order valence-electron chi connectivity index (χ4n) is 2.77. The smallest absolute Gasteiger partial charge is 0.268 e. The molecule has 0 spiro atoms. The maximum atomic E-state index is 12.2. The molecule has 0 radical (unpaired) electrons. The number of nitriles is 1. The Morgan fingerprint density at radius 1 is 1.21 bits per heavy atom. The highest BCUT2D eigenvalue weighted by molar-refractivity contribution is 5.36. The maximum Gasteiger partial charge on any atom is 0.268 e. The zero-order valence-electron chi connectivity index (χ0n) is 11.8. The second kappa shape index (κ2) is 6.03. The predicted molar refractivity (Wildman–Crippen MR) is 75.2 cm³/mol. The van der Waals surface area contributed by atoms with E-state index < -0.39 is 0 Å². The third-order valence-electron chi connectivity index (χ3n) is 3.90. The molecule has 19 heavy (non-hydrogen) atoms. The van der Waals surface area contributed by atoms with Crippen molar-refractivity contribution in [2.75, 3.05) is 19.6 Å². The van der Waals surface area contributed by atoms with Crippen LogP contribution in [0.15, 0.2) is 10.9 Å². The van der Waals surface area contributed by atoms with Crippen molar-refractivity contribution in [2.45, 2.75) is 39.7 Å². The summed E-state index contributed by atoms with van der Waals surface area (Å²) in [6.45, 7) is 7.59. The highest BCUT2D eigenvalue weighted by atomic mass is 16.1. The van der Waals surface area contributed by atoms with Gasteiger partial charge in [-0.05, 0) is 51.4 Å². The van der Waals surface area contributed by atoms with Crippen molar-refractivity contribution in [1.29, 1.82) is 5.26 Å². The van der Waals surface area contributed by atoms with Crippen LogP contribution < -0.4 is 5.56 Å². The van der Waals surface area contributed by atoms with Gasteiger partial charge in [-0.2, -0.15) is 5.26 Å². The molecule has 0 atom stereocenters. The lowest BCUT2D eigenvalue weighted by Gasteiger charge is -2.27. The summed E-state index contributed by atoms with van der Waals surface area (Å²) in [5, 5.41) is 9.06. The minimum absolute atomic E-state index is 0.142. The first-order valence-electron chi connectivity index (χ1n) is 6.97. The lowest BCUT2D eigenvalue weighted by Crippen LogP contribution is -2.36. The summed E-state index contributed by atoms with van der Waals surface area (Å²) in [7, 11) is 0. The van der Waals surface area contributed by atoms with E-state index in [1.54, 1.807) is 4.57 Å². The molecular weight excluding hydrogens is 238 g/mol. The highest BCUT2D eigenvalue weighted by Crippen LogP contribution is 2.09. The fraction of sp³-hybridized carbons (Fsp3) is 0.600. The Bertz CT molecular complexity index is 548. The van der Waals surface area contributed by atoms with Gasteiger partial charge in [-0.25, -0.2) is 0 Å². The molecule has 0 saturated carbocycles. The second-order valence-corrected chi connectivity index (χ2v) is 5.31. The third-order valence-corrected chi connectivity index (χ3v) is 3.90. The van der Waals surface area contributed by atoms with Crippen LogP contribution >= 0.6 is 0 Å². The summed E-state index contributed by atoms with van der Waals surface area (Å²) >= 11 is 0. The summed E-state index contributed by atoms with van der Waals surface area (Å²) in [5.41, 5.74) is 1.86. The van der Waals surface area contributed by atoms with Gasteiger partial charge in [0.05, 0.1) is 0 Å². The Balaban J connectivity index is 2.16. The van der Waals surface area contributed by atoms with Gasteiger partial charge in [-0.15, -0.1) is 0 Å². The van der Waals surface area contributed by atoms with Crippen LogP contribution in [-0.4, -0.2) is 29.1 Å². The Labute approximate surface area is 114 Å². The van der Waals surface area contributed by atoms with Crippen molar-refractivity contribution in [2.24, 2.45) is 0 Å². The summed E-state index contributed by atoms with van der Waals surface area (Å²) < 4.78 is 1.74. The predicted octanol–water partition coefficient (Wildman–Crippen LogP) is 1.82. The van der Waals surface area contributed by atoms with Crippen LogP contribution in [-0.2, 0) is 6.54 Å². The number of nitrogens with zero attached hydrogens (tertiary/aromatic N) is 3. The van der Waals surface area contributed by atoms with Crippen molar-refractivity contribution in [1.82, 2.24) is 9.47 Å². The molecule has 0 unspecified atom stereocenters. The molecule has 2 rings (SSSR count). The van der Waals surface area contributed by atoms with Crippen LogP contribution in [0, 0.1) is 25.2 Å². The van der Waals surface area contributed by atoms with Crippen molar-refractivity contribution < 1.29 is 0 Å². The molecule has 1 saturated heterocycles. The van der Waals surface area contributed by atoms with Crippen LogP contribution in [0.2, 0.25) is 0 Å². The van der Waals surface area contributed by atoms with E-state index in [1.807, 2.05) is 26.0 Å². The number of likely N-dealkylation sites (tertiary alicyclic amines) is 1. The zero-order valence-corrected chi connectivity index (χ0v) is 11.8. The van der Waals surface area contributed by atoms with Gasteiger partial charge in [-0.1, -0.05) is 6.42 Å². The third kappa shape index (κ3) is 3.05. The molecule has 1 aliphatic heterocycles. The van der Waals surface area contributed by atoms with Gasteiger partial charge in [0, 0.05) is 18.8 Å². The molecule has 4 nitrogen and oxygen atoms in total. The zero-order chi connectivity index (χ0) is 13.8. The lowest BCUT2D eigenvalue weighted by atomic mass is 10.1. The van der Waals surface area contributed by atoms with Crippen molar-refractivity contribution in [3.05, 3.63) is 33.2 Å². The number of hydrogen-bond acceptors (Lipinski definition) is 3. The summed E-state index contributed by atoms with van der Waals surface area (Å²) in [5.74, 6) is 0. The van der Waals surface area contributed by atoms with E-state index in [2.05, 4.69) is 4.90 Å². The molecule has 102 valence electrons. The van der Waals surface area contributed by atoms with E-state index in [4.69, 9.17) is 5.26 Å². The molecular formula is C15H21N3O. The lowest BCUT2D eigenvalue weighted by molar-refractivity contribution is 0.219. The average Bonchev–Trinajstić information content (AvgIpc) is 2.39. The first-order chi connectivity index (χ1) is 9.13. The van der Waals surface area contributed by atoms with Gasteiger partial charge in [0.25, 0.3) is 5.56 Å². The van der Waals surface area contributed by atoms with Crippen LogP contribution in [0.5, 0.6) is 0 Å². The van der Waals surface area contributed by atoms with E-state index in [0.717, 1.165) is 30.9 Å². The number of aromatic nitrogens is 1. The molecule has 0 bridgehead atoms. The van der Waals surface area contributed by atoms with Gasteiger partial charge in [0.1, 0.15) is 11.6 Å². The SMILES string of the molecule is Cc1cc(C)n(CCN2CCCCC2)c(=O)c1C#N. The molecule has 1 aromatic heterocycles. The van der Waals surface area contributed by atoms with Gasteiger partial charge >= 0.3 is 0 Å². The van der Waals surface area contributed by atoms with E-state index in [-0.39, 0.29) is 11.1 Å². The van der Waals surface area contributed by atoms with Crippen LogP contribution in [0.3, 0.4) is 0 Å². The van der Waals surface area contributed by atoms with Crippen LogP contribution in [0.1, 0.15) is 36.1 Å². The fourth-order valence-corrected chi connectivity index (χ4v) is 2.77. The second-order valence-electron chi connectivity index (χ2n) is 5.31. The summed E-state index contributed by atoms with van der Waals surface area (Å²) in [6, 6.07) is 3.95. The minimum Gasteiger partial charge on any atom is -0.311 e. The first kappa shape index (κ1) is 13.8. The van der Waals surface area contributed by atoms with Gasteiger partial charge < -0.3 is 9.47 Å². The summed E-state index contributed by atoms with van der Waals surface area (Å²) in [6.07, 6.45) is 3.83. The molecule has 0 aliphatic carbocycles. The quantitative estimate of drug-likeness (QED) is 0.832. The van der Waals surface area contributed by atoms with Crippen molar-refractivity contribution in [3.8, 4) is 6.07 Å². The molecule has 1 aromatic rings. The molecule has 0 amide bonds. The number of rotatable bonds is 3. The minimum atomic E-state index is -0.142. The molecule has 0 aromatic carbocycles. The molecule has 1 fully saturated rings. The molecule has 2 heterocycles. The summed E-state index contributed by atoms with van der Waals surface area (Å²) in [4.78, 5) is 14.6. The van der Waals surface area contributed by atoms with Crippen LogP contribution in [0.4, 0.5) is 0 Å². The standard InChI is InChI=1S/C15H21N3O/c1-12-10-13(2)18(15(19)14(12)11-16)9-8-17-6-4-3-5-7-17/h10H,3-9H2,1-2H3. The topological polar surface area (TPSA) is 49.0 Å². The first-order valence-corrected chi connectivity index (χ1v) is 6.97. The van der Waals surface area contributed by atoms with E-state index in [0.29, 0.717) is 6.54 Å². The van der Waals surface area contributed by atoms with E-state index in [1.165, 1.54) is 19.3 Å². The number of piperidine rings is 1. The molecule has 0 N–H and O–H groups in total. The molecule has 1 aliphatic rings. The van der Waals surface area contributed by atoms with Crippen molar-refractivity contribution >= 4 is 0 Å². The van der Waals surface area contributed by atoms with Crippen molar-refractivity contribution in [3.63, 3.8) is 0 Å². The van der Waals surface area contributed by atoms with E-state index >= 15 is 0 Å². The molecule has 4 heteroatoms. The Morgan fingerprint density at radius 2 is 1.89 bits per heavy atom. The Morgan fingerprint density at radius 3 is 2.53 bits per heavy atom. The number of hydrogen-bond donors (Lipinski definition) is 0. The average molecular weight is 259 g/mol. The van der Waals surface area contributed by atoms with E-state index in [9.17, 15) is 4.79 Å². The number of aryl methyl sites for hydroxylation is 2. The van der Waals surface area contributed by atoms with Gasteiger partial charge in [-0.3, -0.25) is 4.79 Å². The normalized spacial score (nSPS) is 16.3.